The third kappa shape index (κ3) is 2.18. The van der Waals surface area contributed by atoms with E-state index >= 15 is 0 Å². The Labute approximate surface area is 113 Å². The summed E-state index contributed by atoms with van der Waals surface area (Å²) in [5.41, 5.74) is 0.589. The number of likely N-dealkylation sites (tertiary alicyclic amines) is 1. The molecule has 0 bridgehead atoms. The lowest BCUT2D eigenvalue weighted by Crippen LogP contribution is -2.34. The number of nitrogens with zero attached hydrogens (tertiary/aromatic N) is 1. The number of rotatable bonds is 3. The van der Waals surface area contributed by atoms with Crippen LogP contribution in [0.25, 0.3) is 0 Å². The predicted octanol–water partition coefficient (Wildman–Crippen LogP) is 3.00. The smallest absolute Gasteiger partial charge is 0.373 e. The minimum atomic E-state index is -0.407. The van der Waals surface area contributed by atoms with Gasteiger partial charge in [-0.1, -0.05) is 6.42 Å². The van der Waals surface area contributed by atoms with Crippen LogP contribution in [0.3, 0.4) is 0 Å². The van der Waals surface area contributed by atoms with Crippen LogP contribution in [-0.4, -0.2) is 31.1 Å². The van der Waals surface area contributed by atoms with Gasteiger partial charge in [0.2, 0.25) is 5.76 Å². The molecule has 4 heteroatoms. The fourth-order valence-electron chi connectivity index (χ4n) is 3.35. The van der Waals surface area contributed by atoms with Gasteiger partial charge in [0.25, 0.3) is 0 Å². The van der Waals surface area contributed by atoms with E-state index < -0.39 is 5.97 Å². The zero-order valence-electron chi connectivity index (χ0n) is 11.6. The van der Waals surface area contributed by atoms with Crippen molar-refractivity contribution in [1.29, 1.82) is 0 Å². The molecule has 2 aliphatic rings. The highest BCUT2D eigenvalue weighted by molar-refractivity contribution is 5.86. The van der Waals surface area contributed by atoms with Gasteiger partial charge in [0, 0.05) is 6.54 Å². The lowest BCUT2D eigenvalue weighted by Gasteiger charge is -2.38. The van der Waals surface area contributed by atoms with E-state index in [-0.39, 0.29) is 6.04 Å². The molecule has 1 aromatic heterocycles. The molecule has 0 N–H and O–H groups in total. The van der Waals surface area contributed by atoms with E-state index in [1.54, 1.807) is 6.07 Å². The molecule has 1 aromatic rings. The Morgan fingerprint density at radius 2 is 2.21 bits per heavy atom. The first-order chi connectivity index (χ1) is 9.13. The Kier molecular flexibility index (Phi) is 3.13. The van der Waals surface area contributed by atoms with Crippen molar-refractivity contribution in [2.75, 3.05) is 20.2 Å². The van der Waals surface area contributed by atoms with Crippen LogP contribution < -0.4 is 0 Å². The van der Waals surface area contributed by atoms with Gasteiger partial charge in [-0.2, -0.15) is 0 Å². The lowest BCUT2D eigenvalue weighted by molar-refractivity contribution is 0.0558. The number of hydrogen-bond acceptors (Lipinski definition) is 4. The monoisotopic (exact) mass is 263 g/mol. The molecular weight excluding hydrogens is 242 g/mol. The molecule has 1 atom stereocenters. The standard InChI is InChI=1S/C15H21NO3/c1-11(12-4-5-13(19-12)14(17)18-2)16-9-8-15(10-16)6-3-7-15/h4-5,11H,3,6-10H2,1-2H3. The first-order valence-corrected chi connectivity index (χ1v) is 7.06. The molecule has 1 saturated carbocycles. The first-order valence-electron chi connectivity index (χ1n) is 7.06. The van der Waals surface area contributed by atoms with Crippen molar-refractivity contribution in [2.24, 2.45) is 5.41 Å². The van der Waals surface area contributed by atoms with Gasteiger partial charge >= 0.3 is 5.97 Å². The average Bonchev–Trinajstić information content (AvgIpc) is 3.03. The van der Waals surface area contributed by atoms with Gasteiger partial charge in [-0.25, -0.2) is 4.79 Å². The number of furan rings is 1. The largest absolute Gasteiger partial charge is 0.463 e. The highest BCUT2D eigenvalue weighted by Crippen LogP contribution is 2.49. The van der Waals surface area contributed by atoms with Gasteiger partial charge < -0.3 is 9.15 Å². The van der Waals surface area contributed by atoms with Crippen molar-refractivity contribution in [3.63, 3.8) is 0 Å². The highest BCUT2D eigenvalue weighted by atomic mass is 16.5. The summed E-state index contributed by atoms with van der Waals surface area (Å²) in [6, 6.07) is 3.83. The zero-order valence-corrected chi connectivity index (χ0v) is 11.6. The molecule has 3 rings (SSSR count). The van der Waals surface area contributed by atoms with Crippen LogP contribution >= 0.6 is 0 Å². The SMILES string of the molecule is COC(=O)c1ccc(C(C)N2CCC3(CCC3)C2)o1. The van der Waals surface area contributed by atoms with Gasteiger partial charge in [0.05, 0.1) is 13.2 Å². The van der Waals surface area contributed by atoms with E-state index in [1.807, 2.05) is 6.07 Å². The highest BCUT2D eigenvalue weighted by Gasteiger charge is 2.44. The summed E-state index contributed by atoms with van der Waals surface area (Å²) in [5.74, 6) is 0.744. The Bertz CT molecular complexity index is 475. The second-order valence-corrected chi connectivity index (χ2v) is 5.94. The average molecular weight is 263 g/mol. The van der Waals surface area contributed by atoms with Crippen LogP contribution in [0.5, 0.6) is 0 Å². The zero-order chi connectivity index (χ0) is 13.5. The molecule has 1 aliphatic heterocycles. The third-order valence-electron chi connectivity index (χ3n) is 4.85. The lowest BCUT2D eigenvalue weighted by atomic mass is 9.68. The molecule has 0 radical (unpaired) electrons. The molecule has 1 unspecified atom stereocenters. The number of carbonyl (C=O) groups excluding carboxylic acids is 1. The summed E-state index contributed by atoms with van der Waals surface area (Å²) < 4.78 is 10.3. The normalized spacial score (nSPS) is 23.3. The molecule has 1 aliphatic carbocycles. The first kappa shape index (κ1) is 12.7. The van der Waals surface area contributed by atoms with Crippen molar-refractivity contribution in [2.45, 2.75) is 38.6 Å². The molecule has 1 spiro atoms. The third-order valence-corrected chi connectivity index (χ3v) is 4.85. The maximum atomic E-state index is 11.4. The van der Waals surface area contributed by atoms with Crippen molar-refractivity contribution < 1.29 is 13.9 Å². The van der Waals surface area contributed by atoms with E-state index in [4.69, 9.17) is 4.42 Å². The van der Waals surface area contributed by atoms with E-state index in [2.05, 4.69) is 16.6 Å². The number of hydrogen-bond donors (Lipinski definition) is 0. The Morgan fingerprint density at radius 1 is 1.42 bits per heavy atom. The van der Waals surface area contributed by atoms with Crippen LogP contribution in [0.15, 0.2) is 16.5 Å². The van der Waals surface area contributed by atoms with Crippen LogP contribution in [0.2, 0.25) is 0 Å². The molecule has 0 aromatic carbocycles. The molecule has 19 heavy (non-hydrogen) atoms. The van der Waals surface area contributed by atoms with E-state index in [0.717, 1.165) is 12.3 Å². The van der Waals surface area contributed by atoms with Gasteiger partial charge in [-0.3, -0.25) is 4.90 Å². The summed E-state index contributed by atoms with van der Waals surface area (Å²) in [7, 11) is 1.37. The Morgan fingerprint density at radius 3 is 2.79 bits per heavy atom. The van der Waals surface area contributed by atoms with Gasteiger partial charge in [-0.15, -0.1) is 0 Å². The fraction of sp³-hybridized carbons (Fsp3) is 0.667. The predicted molar refractivity (Wildman–Crippen MR) is 70.9 cm³/mol. The summed E-state index contributed by atoms with van der Waals surface area (Å²) in [6.07, 6.45) is 5.45. The minimum absolute atomic E-state index is 0.235. The van der Waals surface area contributed by atoms with Gasteiger partial charge in [0.15, 0.2) is 0 Å². The fourth-order valence-corrected chi connectivity index (χ4v) is 3.35. The van der Waals surface area contributed by atoms with Crippen molar-refractivity contribution >= 4 is 5.97 Å². The van der Waals surface area contributed by atoms with E-state index in [0.29, 0.717) is 11.2 Å². The van der Waals surface area contributed by atoms with Gasteiger partial charge in [0.1, 0.15) is 5.76 Å². The second kappa shape index (κ2) is 4.67. The number of ether oxygens (including phenoxy) is 1. The Balaban J connectivity index is 1.68. The maximum Gasteiger partial charge on any atom is 0.373 e. The molecule has 1 saturated heterocycles. The summed E-state index contributed by atoms with van der Waals surface area (Å²) >= 11 is 0. The van der Waals surface area contributed by atoms with Gasteiger partial charge in [-0.05, 0) is 50.3 Å². The Hall–Kier alpha value is -1.29. The van der Waals surface area contributed by atoms with E-state index in [9.17, 15) is 4.79 Å². The molecule has 104 valence electrons. The summed E-state index contributed by atoms with van der Waals surface area (Å²) in [4.78, 5) is 13.9. The topological polar surface area (TPSA) is 42.7 Å². The minimum Gasteiger partial charge on any atom is -0.463 e. The molecule has 0 amide bonds. The van der Waals surface area contributed by atoms with Crippen LogP contribution in [-0.2, 0) is 4.74 Å². The molecule has 2 fully saturated rings. The van der Waals surface area contributed by atoms with Crippen LogP contribution in [0, 0.1) is 5.41 Å². The summed E-state index contributed by atoms with van der Waals surface area (Å²) in [6.45, 7) is 4.45. The van der Waals surface area contributed by atoms with Crippen molar-refractivity contribution in [3.05, 3.63) is 23.7 Å². The van der Waals surface area contributed by atoms with E-state index in [1.165, 1.54) is 39.3 Å². The van der Waals surface area contributed by atoms with Crippen molar-refractivity contribution in [1.82, 2.24) is 4.90 Å². The van der Waals surface area contributed by atoms with Crippen LogP contribution in [0.1, 0.15) is 55.0 Å². The van der Waals surface area contributed by atoms with Crippen LogP contribution in [0.4, 0.5) is 0 Å². The quantitative estimate of drug-likeness (QED) is 0.786. The summed E-state index contributed by atoms with van der Waals surface area (Å²) in [5, 5.41) is 0. The molecule has 4 nitrogen and oxygen atoms in total. The molecular formula is C15H21NO3. The maximum absolute atomic E-state index is 11.4. The number of methoxy groups -OCH3 is 1. The van der Waals surface area contributed by atoms with Crippen molar-refractivity contribution in [3.8, 4) is 0 Å². The molecule has 2 heterocycles. The number of carbonyl (C=O) groups is 1. The number of esters is 1. The second-order valence-electron chi connectivity index (χ2n) is 5.94.